The summed E-state index contributed by atoms with van der Waals surface area (Å²) in [5.41, 5.74) is 2.03. The van der Waals surface area contributed by atoms with Crippen LogP contribution >= 0.6 is 0 Å². The van der Waals surface area contributed by atoms with E-state index in [9.17, 15) is 4.79 Å². The third-order valence-corrected chi connectivity index (χ3v) is 5.03. The Labute approximate surface area is 169 Å². The van der Waals surface area contributed by atoms with Gasteiger partial charge in [-0.2, -0.15) is 5.10 Å². The Morgan fingerprint density at radius 3 is 2.62 bits per heavy atom. The van der Waals surface area contributed by atoms with E-state index in [0.717, 1.165) is 43.0 Å². The van der Waals surface area contributed by atoms with Crippen LogP contribution in [0.1, 0.15) is 0 Å². The number of hydrogen-bond donors (Lipinski definition) is 1. The number of ether oxygens (including phenoxy) is 1. The van der Waals surface area contributed by atoms with E-state index >= 15 is 0 Å². The van der Waals surface area contributed by atoms with Crippen molar-refractivity contribution in [3.8, 4) is 0 Å². The lowest BCUT2D eigenvalue weighted by molar-refractivity contribution is -0.124. The number of fused-ring (bicyclic) bond motifs is 1. The topological polar surface area (TPSA) is 88.4 Å². The van der Waals surface area contributed by atoms with E-state index in [0.29, 0.717) is 13.1 Å². The second-order valence-corrected chi connectivity index (χ2v) is 6.89. The standard InChI is InChI=1S/C20H25N7O2/c1-29-14-18(28)21-7-8-27-20-17(13-24-27)19(22-15-23-20)26-11-9-25(10-12-26)16-5-3-2-4-6-16/h2-6,13,15H,7-12,14H2,1H3,(H,21,28). The van der Waals surface area contributed by atoms with E-state index in [1.807, 2.05) is 12.3 Å². The van der Waals surface area contributed by atoms with Crippen molar-refractivity contribution in [1.82, 2.24) is 25.1 Å². The first-order chi connectivity index (χ1) is 14.3. The van der Waals surface area contributed by atoms with Gasteiger partial charge in [-0.3, -0.25) is 4.79 Å². The number of aromatic nitrogens is 4. The molecule has 0 aliphatic carbocycles. The summed E-state index contributed by atoms with van der Waals surface area (Å²) < 4.78 is 6.62. The summed E-state index contributed by atoms with van der Waals surface area (Å²) in [7, 11) is 1.50. The van der Waals surface area contributed by atoms with Gasteiger partial charge in [-0.15, -0.1) is 0 Å². The van der Waals surface area contributed by atoms with E-state index in [1.165, 1.54) is 12.8 Å². The van der Waals surface area contributed by atoms with Crippen LogP contribution in [-0.4, -0.2) is 72.1 Å². The molecule has 1 aliphatic rings. The fraction of sp³-hybridized carbons (Fsp3) is 0.400. The number of para-hydroxylation sites is 1. The normalized spacial score (nSPS) is 14.4. The molecule has 9 heteroatoms. The van der Waals surface area contributed by atoms with Gasteiger partial charge in [0.25, 0.3) is 0 Å². The van der Waals surface area contributed by atoms with E-state index < -0.39 is 0 Å². The maximum atomic E-state index is 11.5. The first-order valence-corrected chi connectivity index (χ1v) is 9.73. The number of carbonyl (C=O) groups excluding carboxylic acids is 1. The van der Waals surface area contributed by atoms with Crippen molar-refractivity contribution in [1.29, 1.82) is 0 Å². The number of piperazine rings is 1. The van der Waals surface area contributed by atoms with Crippen LogP contribution in [0.4, 0.5) is 11.5 Å². The first-order valence-electron chi connectivity index (χ1n) is 9.73. The van der Waals surface area contributed by atoms with Crippen LogP contribution in [0, 0.1) is 0 Å². The first kappa shape index (κ1) is 19.1. The highest BCUT2D eigenvalue weighted by Gasteiger charge is 2.21. The Morgan fingerprint density at radius 1 is 1.10 bits per heavy atom. The Balaban J connectivity index is 1.42. The lowest BCUT2D eigenvalue weighted by Gasteiger charge is -2.36. The highest BCUT2D eigenvalue weighted by molar-refractivity contribution is 5.86. The number of carbonyl (C=O) groups is 1. The minimum Gasteiger partial charge on any atom is -0.375 e. The van der Waals surface area contributed by atoms with Crippen LogP contribution in [0.15, 0.2) is 42.9 Å². The van der Waals surface area contributed by atoms with Crippen LogP contribution in [0.3, 0.4) is 0 Å². The average molecular weight is 395 g/mol. The Bertz CT molecular complexity index is 952. The second kappa shape index (κ2) is 8.87. The quantitative estimate of drug-likeness (QED) is 0.636. The molecule has 0 unspecified atom stereocenters. The van der Waals surface area contributed by atoms with Crippen molar-refractivity contribution < 1.29 is 9.53 Å². The van der Waals surface area contributed by atoms with Gasteiger partial charge in [0.1, 0.15) is 18.8 Å². The molecule has 29 heavy (non-hydrogen) atoms. The molecule has 1 fully saturated rings. The molecule has 0 bridgehead atoms. The largest absolute Gasteiger partial charge is 0.375 e. The minimum absolute atomic E-state index is 0.0567. The van der Waals surface area contributed by atoms with Crippen molar-refractivity contribution in [2.24, 2.45) is 0 Å². The van der Waals surface area contributed by atoms with Crippen LogP contribution < -0.4 is 15.1 Å². The lowest BCUT2D eigenvalue weighted by Crippen LogP contribution is -2.46. The van der Waals surface area contributed by atoms with Gasteiger partial charge in [0.05, 0.1) is 18.1 Å². The van der Waals surface area contributed by atoms with Crippen molar-refractivity contribution >= 4 is 28.4 Å². The summed E-state index contributed by atoms with van der Waals surface area (Å²) in [6.45, 7) is 4.72. The number of anilines is 2. The van der Waals surface area contributed by atoms with Crippen LogP contribution in [0.2, 0.25) is 0 Å². The summed E-state index contributed by atoms with van der Waals surface area (Å²) in [5.74, 6) is 0.771. The fourth-order valence-corrected chi connectivity index (χ4v) is 3.59. The molecule has 152 valence electrons. The van der Waals surface area contributed by atoms with Crippen molar-refractivity contribution in [3.05, 3.63) is 42.9 Å². The molecule has 3 aromatic rings. The van der Waals surface area contributed by atoms with E-state index in [2.05, 4.69) is 54.4 Å². The number of nitrogens with one attached hydrogen (secondary N) is 1. The molecular formula is C20H25N7O2. The van der Waals surface area contributed by atoms with Gasteiger partial charge < -0.3 is 19.9 Å². The molecule has 3 heterocycles. The maximum Gasteiger partial charge on any atom is 0.246 e. The number of rotatable bonds is 7. The third-order valence-electron chi connectivity index (χ3n) is 5.03. The Morgan fingerprint density at radius 2 is 1.86 bits per heavy atom. The molecule has 2 aromatic heterocycles. The van der Waals surface area contributed by atoms with Gasteiger partial charge in [-0.05, 0) is 12.1 Å². The molecule has 0 saturated carbocycles. The van der Waals surface area contributed by atoms with Gasteiger partial charge in [0, 0.05) is 45.5 Å². The zero-order valence-electron chi connectivity index (χ0n) is 16.5. The highest BCUT2D eigenvalue weighted by Crippen LogP contribution is 2.25. The summed E-state index contributed by atoms with van der Waals surface area (Å²) >= 11 is 0. The molecular weight excluding hydrogens is 370 g/mol. The molecule has 1 amide bonds. The van der Waals surface area contributed by atoms with Gasteiger partial charge in [0.2, 0.25) is 5.91 Å². The van der Waals surface area contributed by atoms with Crippen molar-refractivity contribution in [2.45, 2.75) is 6.54 Å². The zero-order valence-corrected chi connectivity index (χ0v) is 16.5. The Hall–Kier alpha value is -3.20. The van der Waals surface area contributed by atoms with E-state index in [1.54, 1.807) is 11.0 Å². The molecule has 1 aromatic carbocycles. The van der Waals surface area contributed by atoms with Gasteiger partial charge >= 0.3 is 0 Å². The summed E-state index contributed by atoms with van der Waals surface area (Å²) in [6, 6.07) is 10.5. The zero-order chi connectivity index (χ0) is 20.1. The smallest absolute Gasteiger partial charge is 0.246 e. The SMILES string of the molecule is COCC(=O)NCCn1ncc2c(N3CCN(c4ccccc4)CC3)ncnc21. The highest BCUT2D eigenvalue weighted by atomic mass is 16.5. The molecule has 1 aliphatic heterocycles. The third kappa shape index (κ3) is 4.29. The average Bonchev–Trinajstić information content (AvgIpc) is 3.18. The summed E-state index contributed by atoms with van der Waals surface area (Å²) in [6.07, 6.45) is 3.40. The van der Waals surface area contributed by atoms with Gasteiger partial charge in [0.15, 0.2) is 5.65 Å². The van der Waals surface area contributed by atoms with Gasteiger partial charge in [-0.1, -0.05) is 18.2 Å². The van der Waals surface area contributed by atoms with Crippen LogP contribution in [0.25, 0.3) is 11.0 Å². The molecule has 9 nitrogen and oxygen atoms in total. The maximum absolute atomic E-state index is 11.5. The van der Waals surface area contributed by atoms with E-state index in [4.69, 9.17) is 4.74 Å². The number of hydrogen-bond acceptors (Lipinski definition) is 7. The molecule has 0 atom stereocenters. The van der Waals surface area contributed by atoms with Crippen molar-refractivity contribution in [3.63, 3.8) is 0 Å². The van der Waals surface area contributed by atoms with Crippen molar-refractivity contribution in [2.75, 3.05) is 56.2 Å². The Kier molecular flexibility index (Phi) is 5.85. The number of methoxy groups -OCH3 is 1. The predicted molar refractivity (Wildman–Crippen MR) is 111 cm³/mol. The predicted octanol–water partition coefficient (Wildman–Crippen LogP) is 0.916. The minimum atomic E-state index is -0.143. The molecule has 0 radical (unpaired) electrons. The summed E-state index contributed by atoms with van der Waals surface area (Å²) in [4.78, 5) is 25.1. The van der Waals surface area contributed by atoms with Crippen LogP contribution in [0.5, 0.6) is 0 Å². The van der Waals surface area contributed by atoms with Gasteiger partial charge in [-0.25, -0.2) is 14.6 Å². The number of nitrogens with zero attached hydrogens (tertiary/aromatic N) is 6. The number of amides is 1. The lowest BCUT2D eigenvalue weighted by atomic mass is 10.2. The monoisotopic (exact) mass is 395 g/mol. The number of benzene rings is 1. The molecule has 4 rings (SSSR count). The summed E-state index contributed by atoms with van der Waals surface area (Å²) in [5, 5.41) is 8.19. The van der Waals surface area contributed by atoms with Crippen LogP contribution in [-0.2, 0) is 16.1 Å². The molecule has 0 spiro atoms. The second-order valence-electron chi connectivity index (χ2n) is 6.89. The van der Waals surface area contributed by atoms with E-state index in [-0.39, 0.29) is 12.5 Å². The molecule has 1 saturated heterocycles. The fourth-order valence-electron chi connectivity index (χ4n) is 3.59. The molecule has 1 N–H and O–H groups in total.